The molecule has 6 rings (SSSR count). The molecule has 0 atom stereocenters. The first kappa shape index (κ1) is 21.0. The SMILES string of the molecule is O=C1NC(=O)/C(=C/c2cnn3c(NC4CC4)cc(-c4ccc(C(=O)NCc5ncc[nH]5)s4)nc23)N1. The Labute approximate surface area is 201 Å². The second-order valence-electron chi connectivity index (χ2n) is 8.13. The van der Waals surface area contributed by atoms with Crippen molar-refractivity contribution in [1.29, 1.82) is 0 Å². The molecule has 1 aliphatic heterocycles. The summed E-state index contributed by atoms with van der Waals surface area (Å²) in [5, 5.41) is 15.4. The number of hydrogen-bond donors (Lipinski definition) is 5. The van der Waals surface area contributed by atoms with E-state index >= 15 is 0 Å². The minimum absolute atomic E-state index is 0.125. The van der Waals surface area contributed by atoms with Crippen molar-refractivity contribution in [2.45, 2.75) is 25.4 Å². The molecule has 1 aliphatic carbocycles. The van der Waals surface area contributed by atoms with E-state index in [2.05, 4.69) is 36.3 Å². The Kier molecular flexibility index (Phi) is 5.03. The molecular formula is C22H19N9O3S. The number of hydrogen-bond acceptors (Lipinski definition) is 8. The number of carbonyl (C=O) groups is 3. The van der Waals surface area contributed by atoms with Crippen LogP contribution >= 0.6 is 11.3 Å². The lowest BCUT2D eigenvalue weighted by Gasteiger charge is -2.09. The van der Waals surface area contributed by atoms with Crippen LogP contribution in [-0.2, 0) is 11.3 Å². The Morgan fingerprint density at radius 1 is 1.26 bits per heavy atom. The van der Waals surface area contributed by atoms with Gasteiger partial charge < -0.3 is 20.9 Å². The largest absolute Gasteiger partial charge is 0.367 e. The average molecular weight is 490 g/mol. The van der Waals surface area contributed by atoms with Crippen LogP contribution in [0.3, 0.4) is 0 Å². The zero-order valence-electron chi connectivity index (χ0n) is 18.2. The number of H-pyrrole nitrogens is 1. The van der Waals surface area contributed by atoms with Crippen molar-refractivity contribution in [2.75, 3.05) is 5.32 Å². The number of anilines is 1. The standard InChI is InChI=1S/C22H19N9O3S/c32-20-14(29-22(34)30-20)7-11-9-26-31-18(27-12-1-2-12)8-13(28-19(11)31)15-3-4-16(35-15)21(33)25-10-17-23-5-6-24-17/h3-9,12,27H,1-2,10H2,(H,23,24)(H,25,33)(H2,29,30,32,34)/b14-7-. The van der Waals surface area contributed by atoms with Crippen LogP contribution in [0.4, 0.5) is 10.6 Å². The highest BCUT2D eigenvalue weighted by Gasteiger charge is 2.25. The molecule has 4 aromatic heterocycles. The zero-order chi connectivity index (χ0) is 23.9. The van der Waals surface area contributed by atoms with Crippen molar-refractivity contribution in [1.82, 2.24) is 40.5 Å². The highest BCUT2D eigenvalue weighted by molar-refractivity contribution is 7.17. The van der Waals surface area contributed by atoms with Gasteiger partial charge in [-0.3, -0.25) is 14.9 Å². The highest BCUT2D eigenvalue weighted by Crippen LogP contribution is 2.32. The lowest BCUT2D eigenvalue weighted by molar-refractivity contribution is -0.115. The molecule has 5 N–H and O–H groups in total. The van der Waals surface area contributed by atoms with Gasteiger partial charge in [0.05, 0.1) is 28.2 Å². The summed E-state index contributed by atoms with van der Waals surface area (Å²) in [5.41, 5.74) is 1.88. The van der Waals surface area contributed by atoms with E-state index in [0.717, 1.165) is 23.5 Å². The number of imide groups is 1. The number of aromatic amines is 1. The van der Waals surface area contributed by atoms with Crippen molar-refractivity contribution in [3.63, 3.8) is 0 Å². The number of rotatable bonds is 7. The lowest BCUT2D eigenvalue weighted by Crippen LogP contribution is -2.22. The summed E-state index contributed by atoms with van der Waals surface area (Å²) in [5.74, 6) is 0.722. The number of imidazole rings is 1. The van der Waals surface area contributed by atoms with E-state index in [-0.39, 0.29) is 11.6 Å². The van der Waals surface area contributed by atoms with Gasteiger partial charge in [-0.25, -0.2) is 14.8 Å². The molecular weight excluding hydrogens is 470 g/mol. The predicted octanol–water partition coefficient (Wildman–Crippen LogP) is 1.87. The first-order valence-electron chi connectivity index (χ1n) is 10.9. The van der Waals surface area contributed by atoms with Crippen LogP contribution in [0.5, 0.6) is 0 Å². The summed E-state index contributed by atoms with van der Waals surface area (Å²) >= 11 is 1.33. The van der Waals surface area contributed by atoms with Crippen molar-refractivity contribution in [3.05, 3.63) is 58.8 Å². The fourth-order valence-electron chi connectivity index (χ4n) is 3.63. The van der Waals surface area contributed by atoms with Crippen LogP contribution in [0.25, 0.3) is 22.3 Å². The first-order chi connectivity index (χ1) is 17.0. The van der Waals surface area contributed by atoms with Crippen molar-refractivity contribution in [2.24, 2.45) is 0 Å². The Bertz CT molecular complexity index is 1500. The van der Waals surface area contributed by atoms with E-state index in [4.69, 9.17) is 4.98 Å². The molecule has 0 radical (unpaired) electrons. The first-order valence-corrected chi connectivity index (χ1v) is 11.7. The summed E-state index contributed by atoms with van der Waals surface area (Å²) in [7, 11) is 0. The minimum atomic E-state index is -0.570. The third-order valence-corrected chi connectivity index (χ3v) is 6.61. The highest BCUT2D eigenvalue weighted by atomic mass is 32.1. The monoisotopic (exact) mass is 489 g/mol. The molecule has 0 spiro atoms. The van der Waals surface area contributed by atoms with Crippen LogP contribution in [0.15, 0.2) is 42.5 Å². The molecule has 4 aromatic rings. The minimum Gasteiger partial charge on any atom is -0.367 e. The smallest absolute Gasteiger partial charge is 0.326 e. The van der Waals surface area contributed by atoms with Gasteiger partial charge in [0.15, 0.2) is 5.65 Å². The number of fused-ring (bicyclic) bond motifs is 1. The Hall–Kier alpha value is -4.52. The second kappa shape index (κ2) is 8.36. The molecule has 0 unspecified atom stereocenters. The Balaban J connectivity index is 1.33. The molecule has 35 heavy (non-hydrogen) atoms. The van der Waals surface area contributed by atoms with E-state index in [1.807, 2.05) is 12.1 Å². The zero-order valence-corrected chi connectivity index (χ0v) is 19.0. The number of carbonyl (C=O) groups excluding carboxylic acids is 3. The molecule has 1 saturated carbocycles. The fourth-order valence-corrected chi connectivity index (χ4v) is 4.51. The van der Waals surface area contributed by atoms with Crippen LogP contribution in [0, 0.1) is 0 Å². The van der Waals surface area contributed by atoms with Gasteiger partial charge in [0.2, 0.25) is 0 Å². The summed E-state index contributed by atoms with van der Waals surface area (Å²) in [6.07, 6.45) is 8.62. The maximum atomic E-state index is 12.6. The van der Waals surface area contributed by atoms with Gasteiger partial charge in [-0.05, 0) is 31.1 Å². The van der Waals surface area contributed by atoms with Gasteiger partial charge in [0.1, 0.15) is 17.3 Å². The second-order valence-corrected chi connectivity index (χ2v) is 9.21. The molecule has 12 nitrogen and oxygen atoms in total. The maximum Gasteiger partial charge on any atom is 0.326 e. The van der Waals surface area contributed by atoms with E-state index in [1.165, 1.54) is 11.3 Å². The third kappa shape index (κ3) is 4.24. The van der Waals surface area contributed by atoms with Gasteiger partial charge in [-0.1, -0.05) is 0 Å². The number of nitrogens with zero attached hydrogens (tertiary/aromatic N) is 4. The van der Waals surface area contributed by atoms with Gasteiger partial charge in [-0.2, -0.15) is 9.61 Å². The molecule has 13 heteroatoms. The van der Waals surface area contributed by atoms with Crippen molar-refractivity contribution < 1.29 is 14.4 Å². The lowest BCUT2D eigenvalue weighted by atomic mass is 10.2. The summed E-state index contributed by atoms with van der Waals surface area (Å²) in [4.78, 5) is 49.3. The van der Waals surface area contributed by atoms with Gasteiger partial charge in [-0.15, -0.1) is 11.3 Å². The van der Waals surface area contributed by atoms with Crippen LogP contribution in [0.2, 0.25) is 0 Å². The van der Waals surface area contributed by atoms with Gasteiger partial charge in [0.25, 0.3) is 11.8 Å². The van der Waals surface area contributed by atoms with E-state index < -0.39 is 11.9 Å². The molecule has 2 fully saturated rings. The van der Waals surface area contributed by atoms with Crippen molar-refractivity contribution >= 4 is 46.7 Å². The summed E-state index contributed by atoms with van der Waals surface area (Å²) < 4.78 is 1.67. The maximum absolute atomic E-state index is 12.6. The summed E-state index contributed by atoms with van der Waals surface area (Å²) in [6, 6.07) is 5.31. The van der Waals surface area contributed by atoms with Gasteiger partial charge in [0, 0.05) is 30.1 Å². The molecule has 176 valence electrons. The fraction of sp³-hybridized carbons (Fsp3) is 0.182. The van der Waals surface area contributed by atoms with E-state index in [9.17, 15) is 14.4 Å². The third-order valence-electron chi connectivity index (χ3n) is 5.50. The molecule has 0 bridgehead atoms. The normalized spacial score (nSPS) is 16.5. The number of nitrogens with one attached hydrogen (secondary N) is 5. The number of amides is 4. The quantitative estimate of drug-likeness (QED) is 0.196. The average Bonchev–Trinajstić information content (AvgIpc) is 3.28. The topological polar surface area (TPSA) is 158 Å². The Morgan fingerprint density at radius 3 is 2.89 bits per heavy atom. The predicted molar refractivity (Wildman–Crippen MR) is 127 cm³/mol. The van der Waals surface area contributed by atoms with Crippen LogP contribution < -0.4 is 21.3 Å². The van der Waals surface area contributed by atoms with Crippen LogP contribution in [0.1, 0.15) is 33.9 Å². The molecule has 1 saturated heterocycles. The molecule has 4 amide bonds. The number of urea groups is 1. The van der Waals surface area contributed by atoms with E-state index in [0.29, 0.717) is 40.2 Å². The van der Waals surface area contributed by atoms with Crippen molar-refractivity contribution in [3.8, 4) is 10.6 Å². The van der Waals surface area contributed by atoms with Crippen LogP contribution in [-0.4, -0.2) is 48.5 Å². The molecule has 5 heterocycles. The Morgan fingerprint density at radius 2 is 2.14 bits per heavy atom. The number of thiophene rings is 1. The van der Waals surface area contributed by atoms with E-state index in [1.54, 1.807) is 35.2 Å². The van der Waals surface area contributed by atoms with Gasteiger partial charge >= 0.3 is 6.03 Å². The molecule has 2 aliphatic rings. The number of aromatic nitrogens is 5. The summed E-state index contributed by atoms with van der Waals surface area (Å²) in [6.45, 7) is 0.302. The molecule has 0 aromatic carbocycles.